The lowest BCUT2D eigenvalue weighted by atomic mass is 10.4. The first-order valence-corrected chi connectivity index (χ1v) is 5.12. The number of rotatable bonds is 2. The fourth-order valence-corrected chi connectivity index (χ4v) is 2.15. The van der Waals surface area contributed by atoms with Gasteiger partial charge >= 0.3 is 0 Å². The molecule has 1 heterocycles. The van der Waals surface area contributed by atoms with E-state index < -0.39 is 10.8 Å². The van der Waals surface area contributed by atoms with E-state index in [0.717, 1.165) is 9.79 Å². The standard InChI is InChI=1S/C10H9NOS/c12-13(10-6-7-11-8-10)9-4-2-1-3-5-9/h1-8,11H. The van der Waals surface area contributed by atoms with Crippen LogP contribution in [0.3, 0.4) is 0 Å². The molecule has 13 heavy (non-hydrogen) atoms. The Morgan fingerprint density at radius 1 is 1.00 bits per heavy atom. The maximum Gasteiger partial charge on any atom is 0.0864 e. The van der Waals surface area contributed by atoms with Crippen molar-refractivity contribution in [3.8, 4) is 0 Å². The van der Waals surface area contributed by atoms with Crippen molar-refractivity contribution in [2.24, 2.45) is 0 Å². The summed E-state index contributed by atoms with van der Waals surface area (Å²) in [5.74, 6) is 0. The molecule has 1 atom stereocenters. The van der Waals surface area contributed by atoms with Gasteiger partial charge in [0.1, 0.15) is 0 Å². The Morgan fingerprint density at radius 3 is 2.38 bits per heavy atom. The van der Waals surface area contributed by atoms with E-state index in [1.165, 1.54) is 0 Å². The SMILES string of the molecule is O=S(c1ccccc1)c1cc[nH]c1. The van der Waals surface area contributed by atoms with Gasteiger partial charge in [0.05, 0.1) is 15.7 Å². The smallest absolute Gasteiger partial charge is 0.0864 e. The molecule has 0 aliphatic carbocycles. The second kappa shape index (κ2) is 3.58. The zero-order chi connectivity index (χ0) is 9.10. The van der Waals surface area contributed by atoms with Crippen molar-refractivity contribution in [1.29, 1.82) is 0 Å². The molecule has 0 bridgehead atoms. The largest absolute Gasteiger partial charge is 0.367 e. The van der Waals surface area contributed by atoms with Gasteiger partial charge in [-0.1, -0.05) is 18.2 Å². The van der Waals surface area contributed by atoms with Crippen LogP contribution in [-0.2, 0) is 10.8 Å². The van der Waals surface area contributed by atoms with Gasteiger partial charge in [0.2, 0.25) is 0 Å². The van der Waals surface area contributed by atoms with Gasteiger partial charge in [0, 0.05) is 17.3 Å². The van der Waals surface area contributed by atoms with E-state index in [4.69, 9.17) is 0 Å². The van der Waals surface area contributed by atoms with Crippen molar-refractivity contribution >= 4 is 10.8 Å². The van der Waals surface area contributed by atoms with Crippen LogP contribution in [-0.4, -0.2) is 9.19 Å². The second-order valence-corrected chi connectivity index (χ2v) is 4.11. The third-order valence-electron chi connectivity index (χ3n) is 1.74. The summed E-state index contributed by atoms with van der Waals surface area (Å²) in [6.07, 6.45) is 3.53. The van der Waals surface area contributed by atoms with Crippen LogP contribution < -0.4 is 0 Å². The number of nitrogens with one attached hydrogen (secondary N) is 1. The molecule has 0 aliphatic rings. The maximum atomic E-state index is 11.8. The van der Waals surface area contributed by atoms with Crippen molar-refractivity contribution in [1.82, 2.24) is 4.98 Å². The lowest BCUT2D eigenvalue weighted by Crippen LogP contribution is -1.89. The summed E-state index contributed by atoms with van der Waals surface area (Å²) < 4.78 is 11.8. The summed E-state index contributed by atoms with van der Waals surface area (Å²) in [5, 5.41) is 0. The van der Waals surface area contributed by atoms with E-state index in [9.17, 15) is 4.21 Å². The fraction of sp³-hybridized carbons (Fsp3) is 0. The molecule has 2 nitrogen and oxygen atoms in total. The summed E-state index contributed by atoms with van der Waals surface area (Å²) in [6, 6.07) is 11.2. The number of benzene rings is 1. The van der Waals surface area contributed by atoms with E-state index in [2.05, 4.69) is 4.98 Å². The van der Waals surface area contributed by atoms with Crippen LogP contribution in [0, 0.1) is 0 Å². The summed E-state index contributed by atoms with van der Waals surface area (Å²) >= 11 is 0. The van der Waals surface area contributed by atoms with E-state index in [0.29, 0.717) is 0 Å². The van der Waals surface area contributed by atoms with Gasteiger partial charge in [-0.25, -0.2) is 4.21 Å². The lowest BCUT2D eigenvalue weighted by molar-refractivity contribution is 0.683. The Labute approximate surface area is 79.1 Å². The third kappa shape index (κ3) is 1.70. The minimum Gasteiger partial charge on any atom is -0.367 e. The van der Waals surface area contributed by atoms with Crippen LogP contribution >= 0.6 is 0 Å². The van der Waals surface area contributed by atoms with Gasteiger partial charge in [-0.3, -0.25) is 0 Å². The number of hydrogen-bond acceptors (Lipinski definition) is 1. The molecule has 0 aliphatic heterocycles. The molecule has 2 aromatic rings. The Balaban J connectivity index is 2.34. The van der Waals surface area contributed by atoms with E-state index >= 15 is 0 Å². The molecule has 2 rings (SSSR count). The Bertz CT molecular complexity index is 394. The third-order valence-corrected chi connectivity index (χ3v) is 3.12. The van der Waals surface area contributed by atoms with Crippen LogP contribution in [0.25, 0.3) is 0 Å². The predicted octanol–water partition coefficient (Wildman–Crippen LogP) is 2.18. The van der Waals surface area contributed by atoms with E-state index in [1.54, 1.807) is 12.4 Å². The minimum absolute atomic E-state index is 0.811. The summed E-state index contributed by atoms with van der Waals surface area (Å²) in [7, 11) is -1.05. The highest BCUT2D eigenvalue weighted by atomic mass is 32.2. The van der Waals surface area contributed by atoms with Crippen LogP contribution in [0.15, 0.2) is 58.6 Å². The molecule has 0 spiro atoms. The highest BCUT2D eigenvalue weighted by Crippen LogP contribution is 2.14. The first-order valence-electron chi connectivity index (χ1n) is 3.97. The normalized spacial score (nSPS) is 12.6. The maximum absolute atomic E-state index is 11.8. The summed E-state index contributed by atoms with van der Waals surface area (Å²) in [4.78, 5) is 4.53. The number of aromatic nitrogens is 1. The monoisotopic (exact) mass is 191 g/mol. The number of H-pyrrole nitrogens is 1. The van der Waals surface area contributed by atoms with Crippen molar-refractivity contribution in [3.63, 3.8) is 0 Å². The van der Waals surface area contributed by atoms with E-state index in [-0.39, 0.29) is 0 Å². The molecular formula is C10H9NOS. The average Bonchev–Trinajstić information content (AvgIpc) is 2.71. The van der Waals surface area contributed by atoms with Gasteiger partial charge in [-0.2, -0.15) is 0 Å². The Kier molecular flexibility index (Phi) is 2.27. The van der Waals surface area contributed by atoms with Crippen LogP contribution in [0.2, 0.25) is 0 Å². The van der Waals surface area contributed by atoms with Gasteiger partial charge < -0.3 is 4.98 Å². The fourth-order valence-electron chi connectivity index (χ4n) is 1.10. The molecule has 1 N–H and O–H groups in total. The number of aromatic amines is 1. The first kappa shape index (κ1) is 8.26. The van der Waals surface area contributed by atoms with Gasteiger partial charge in [0.15, 0.2) is 0 Å². The Morgan fingerprint density at radius 2 is 1.77 bits per heavy atom. The molecule has 1 aromatic carbocycles. The molecule has 0 saturated carbocycles. The molecule has 1 unspecified atom stereocenters. The van der Waals surface area contributed by atoms with Crippen molar-refractivity contribution in [2.45, 2.75) is 9.79 Å². The minimum atomic E-state index is -1.05. The van der Waals surface area contributed by atoms with Crippen molar-refractivity contribution in [2.75, 3.05) is 0 Å². The topological polar surface area (TPSA) is 32.9 Å². The zero-order valence-electron chi connectivity index (χ0n) is 6.94. The van der Waals surface area contributed by atoms with Gasteiger partial charge in [-0.15, -0.1) is 0 Å². The molecule has 1 aromatic heterocycles. The predicted molar refractivity (Wildman–Crippen MR) is 51.9 cm³/mol. The Hall–Kier alpha value is -1.35. The molecule has 0 amide bonds. The van der Waals surface area contributed by atoms with Gasteiger partial charge in [-0.05, 0) is 18.2 Å². The quantitative estimate of drug-likeness (QED) is 0.775. The highest BCUT2D eigenvalue weighted by Gasteiger charge is 2.05. The average molecular weight is 191 g/mol. The molecule has 66 valence electrons. The highest BCUT2D eigenvalue weighted by molar-refractivity contribution is 7.85. The lowest BCUT2D eigenvalue weighted by Gasteiger charge is -1.97. The molecule has 3 heteroatoms. The molecular weight excluding hydrogens is 182 g/mol. The number of hydrogen-bond donors (Lipinski definition) is 1. The summed E-state index contributed by atoms with van der Waals surface area (Å²) in [5.41, 5.74) is 0. The van der Waals surface area contributed by atoms with Gasteiger partial charge in [0.25, 0.3) is 0 Å². The van der Waals surface area contributed by atoms with Crippen molar-refractivity contribution < 1.29 is 4.21 Å². The summed E-state index contributed by atoms with van der Waals surface area (Å²) in [6.45, 7) is 0. The zero-order valence-corrected chi connectivity index (χ0v) is 7.75. The van der Waals surface area contributed by atoms with Crippen molar-refractivity contribution in [3.05, 3.63) is 48.8 Å². The van der Waals surface area contributed by atoms with E-state index in [1.807, 2.05) is 36.4 Å². The first-order chi connectivity index (χ1) is 6.38. The molecule has 0 fully saturated rings. The van der Waals surface area contributed by atoms with Crippen LogP contribution in [0.1, 0.15) is 0 Å². The van der Waals surface area contributed by atoms with Crippen LogP contribution in [0.5, 0.6) is 0 Å². The van der Waals surface area contributed by atoms with Crippen LogP contribution in [0.4, 0.5) is 0 Å². The molecule has 0 saturated heterocycles. The molecule has 0 radical (unpaired) electrons. The second-order valence-electron chi connectivity index (χ2n) is 2.63.